The van der Waals surface area contributed by atoms with E-state index in [1.165, 1.54) is 0 Å². The van der Waals surface area contributed by atoms with E-state index in [-0.39, 0.29) is 6.61 Å². The van der Waals surface area contributed by atoms with E-state index in [0.717, 1.165) is 48.3 Å². The van der Waals surface area contributed by atoms with E-state index in [9.17, 15) is 0 Å². The number of hydrogen-bond acceptors (Lipinski definition) is 7. The number of rotatable bonds is 6. The molecule has 1 aromatic carbocycles. The zero-order valence-corrected chi connectivity index (χ0v) is 14.5. The third-order valence-electron chi connectivity index (χ3n) is 4.59. The first-order chi connectivity index (χ1) is 12.8. The first-order valence-electron chi connectivity index (χ1n) is 8.94. The fraction of sp³-hybridized carbons (Fsp3) is 0.389. The SMILES string of the molecule is OCCNc1nccc(N2CCCC(Nc3ccc4[nH]ncc4c3)C2)n1. The van der Waals surface area contributed by atoms with Crippen LogP contribution in [0.25, 0.3) is 10.9 Å². The number of nitrogens with zero attached hydrogens (tertiary/aromatic N) is 4. The number of H-pyrrole nitrogens is 1. The van der Waals surface area contributed by atoms with E-state index in [2.05, 4.69) is 53.9 Å². The maximum Gasteiger partial charge on any atom is 0.224 e. The van der Waals surface area contributed by atoms with Crippen molar-refractivity contribution < 1.29 is 5.11 Å². The molecule has 1 atom stereocenters. The predicted molar refractivity (Wildman–Crippen MR) is 103 cm³/mol. The molecule has 0 bridgehead atoms. The fourth-order valence-electron chi connectivity index (χ4n) is 3.35. The van der Waals surface area contributed by atoms with Gasteiger partial charge in [0.25, 0.3) is 0 Å². The van der Waals surface area contributed by atoms with E-state index in [0.29, 0.717) is 18.5 Å². The van der Waals surface area contributed by atoms with Gasteiger partial charge in [-0.2, -0.15) is 10.1 Å². The molecule has 4 rings (SSSR count). The lowest BCUT2D eigenvalue weighted by molar-refractivity contribution is 0.311. The van der Waals surface area contributed by atoms with Gasteiger partial charge in [-0.15, -0.1) is 0 Å². The Morgan fingerprint density at radius 2 is 2.27 bits per heavy atom. The average Bonchev–Trinajstić information content (AvgIpc) is 3.15. The molecular weight excluding hydrogens is 330 g/mol. The molecule has 8 heteroatoms. The number of aromatic nitrogens is 4. The second-order valence-electron chi connectivity index (χ2n) is 6.49. The molecular formula is C18H23N7O. The lowest BCUT2D eigenvalue weighted by Crippen LogP contribution is -2.42. The number of benzene rings is 1. The standard InChI is InChI=1S/C18H23N7O/c26-9-7-20-18-19-6-5-17(23-18)25-8-1-2-15(12-25)22-14-3-4-16-13(10-14)11-21-24-16/h3-6,10-11,15,22,26H,1-2,7-9,12H2,(H,21,24)(H,19,20,23). The fourth-order valence-corrected chi connectivity index (χ4v) is 3.35. The highest BCUT2D eigenvalue weighted by Gasteiger charge is 2.21. The van der Waals surface area contributed by atoms with E-state index >= 15 is 0 Å². The van der Waals surface area contributed by atoms with E-state index in [1.54, 1.807) is 6.20 Å². The monoisotopic (exact) mass is 353 g/mol. The number of nitrogens with one attached hydrogen (secondary N) is 3. The van der Waals surface area contributed by atoms with Crippen LogP contribution in [0.2, 0.25) is 0 Å². The molecule has 0 spiro atoms. The summed E-state index contributed by atoms with van der Waals surface area (Å²) in [5, 5.41) is 23.7. The minimum Gasteiger partial charge on any atom is -0.395 e. The van der Waals surface area contributed by atoms with Gasteiger partial charge in [-0.1, -0.05) is 0 Å². The molecule has 26 heavy (non-hydrogen) atoms. The highest BCUT2D eigenvalue weighted by Crippen LogP contribution is 2.23. The van der Waals surface area contributed by atoms with Crippen LogP contribution in [0.5, 0.6) is 0 Å². The lowest BCUT2D eigenvalue weighted by atomic mass is 10.1. The molecule has 2 aromatic heterocycles. The maximum absolute atomic E-state index is 8.93. The van der Waals surface area contributed by atoms with Crippen molar-refractivity contribution in [2.45, 2.75) is 18.9 Å². The zero-order valence-electron chi connectivity index (χ0n) is 14.5. The molecule has 1 aliphatic rings. The molecule has 1 saturated heterocycles. The van der Waals surface area contributed by atoms with Crippen molar-refractivity contribution in [3.63, 3.8) is 0 Å². The van der Waals surface area contributed by atoms with Crippen molar-refractivity contribution in [1.29, 1.82) is 0 Å². The largest absolute Gasteiger partial charge is 0.395 e. The number of piperidine rings is 1. The number of aliphatic hydroxyl groups excluding tert-OH is 1. The number of aromatic amines is 1. The third-order valence-corrected chi connectivity index (χ3v) is 4.59. The molecule has 0 saturated carbocycles. The van der Waals surface area contributed by atoms with Crippen LogP contribution in [-0.4, -0.2) is 57.6 Å². The smallest absolute Gasteiger partial charge is 0.224 e. The average molecular weight is 353 g/mol. The Balaban J connectivity index is 1.43. The van der Waals surface area contributed by atoms with E-state index in [4.69, 9.17) is 5.11 Å². The summed E-state index contributed by atoms with van der Waals surface area (Å²) in [6.45, 7) is 2.38. The van der Waals surface area contributed by atoms with Gasteiger partial charge in [0, 0.05) is 42.9 Å². The van der Waals surface area contributed by atoms with Gasteiger partial charge in [-0.05, 0) is 37.1 Å². The first kappa shape index (κ1) is 16.6. The molecule has 0 aliphatic carbocycles. The van der Waals surface area contributed by atoms with Crippen LogP contribution in [0.1, 0.15) is 12.8 Å². The summed E-state index contributed by atoms with van der Waals surface area (Å²) in [6, 6.07) is 8.55. The minimum absolute atomic E-state index is 0.0598. The van der Waals surface area contributed by atoms with Crippen LogP contribution in [0.3, 0.4) is 0 Å². The quantitative estimate of drug-likeness (QED) is 0.536. The van der Waals surface area contributed by atoms with Crippen LogP contribution in [0.4, 0.5) is 17.5 Å². The normalized spacial score (nSPS) is 17.4. The molecule has 136 valence electrons. The van der Waals surface area contributed by atoms with Gasteiger partial charge >= 0.3 is 0 Å². The van der Waals surface area contributed by atoms with Crippen LogP contribution in [-0.2, 0) is 0 Å². The summed E-state index contributed by atoms with van der Waals surface area (Å²) in [4.78, 5) is 11.0. The Hall–Kier alpha value is -2.87. The van der Waals surface area contributed by atoms with Gasteiger partial charge in [0.05, 0.1) is 18.3 Å². The molecule has 1 aliphatic heterocycles. The molecule has 8 nitrogen and oxygen atoms in total. The summed E-state index contributed by atoms with van der Waals surface area (Å²) in [5.41, 5.74) is 2.16. The van der Waals surface area contributed by atoms with Crippen molar-refractivity contribution >= 4 is 28.4 Å². The highest BCUT2D eigenvalue weighted by molar-refractivity contribution is 5.81. The lowest BCUT2D eigenvalue weighted by Gasteiger charge is -2.34. The summed E-state index contributed by atoms with van der Waals surface area (Å²) < 4.78 is 0. The topological polar surface area (TPSA) is 102 Å². The van der Waals surface area contributed by atoms with Crippen molar-refractivity contribution in [2.24, 2.45) is 0 Å². The number of hydrogen-bond donors (Lipinski definition) is 4. The molecule has 3 aromatic rings. The Morgan fingerprint density at radius 1 is 1.31 bits per heavy atom. The third kappa shape index (κ3) is 3.70. The van der Waals surface area contributed by atoms with Crippen LogP contribution in [0.15, 0.2) is 36.7 Å². The van der Waals surface area contributed by atoms with E-state index in [1.807, 2.05) is 12.3 Å². The van der Waals surface area contributed by atoms with Gasteiger partial charge in [0.2, 0.25) is 5.95 Å². The molecule has 1 fully saturated rings. The number of fused-ring (bicyclic) bond motifs is 1. The summed E-state index contributed by atoms with van der Waals surface area (Å²) in [5.74, 6) is 1.47. The Labute approximate surface area is 151 Å². The Bertz CT molecular complexity index is 865. The van der Waals surface area contributed by atoms with Gasteiger partial charge < -0.3 is 20.6 Å². The number of aliphatic hydroxyl groups is 1. The van der Waals surface area contributed by atoms with Crippen LogP contribution < -0.4 is 15.5 Å². The minimum atomic E-state index is 0.0598. The second-order valence-corrected chi connectivity index (χ2v) is 6.49. The predicted octanol–water partition coefficient (Wildman–Crippen LogP) is 1.84. The highest BCUT2D eigenvalue weighted by atomic mass is 16.3. The summed E-state index contributed by atoms with van der Waals surface area (Å²) in [7, 11) is 0. The molecule has 0 amide bonds. The van der Waals surface area contributed by atoms with Crippen LogP contribution in [0, 0.1) is 0 Å². The Morgan fingerprint density at radius 3 is 3.19 bits per heavy atom. The number of anilines is 3. The van der Waals surface area contributed by atoms with Gasteiger partial charge in [0.15, 0.2) is 0 Å². The summed E-state index contributed by atoms with van der Waals surface area (Å²) >= 11 is 0. The molecule has 1 unspecified atom stereocenters. The van der Waals surface area contributed by atoms with Crippen molar-refractivity contribution in [2.75, 3.05) is 41.8 Å². The van der Waals surface area contributed by atoms with Crippen molar-refractivity contribution in [3.05, 3.63) is 36.7 Å². The molecule has 3 heterocycles. The van der Waals surface area contributed by atoms with Gasteiger partial charge in [0.1, 0.15) is 5.82 Å². The maximum atomic E-state index is 8.93. The van der Waals surface area contributed by atoms with Crippen molar-refractivity contribution in [3.8, 4) is 0 Å². The second kappa shape index (κ2) is 7.57. The summed E-state index contributed by atoms with van der Waals surface area (Å²) in [6.07, 6.45) is 5.83. The zero-order chi connectivity index (χ0) is 17.8. The molecule has 0 radical (unpaired) electrons. The Kier molecular flexibility index (Phi) is 4.83. The van der Waals surface area contributed by atoms with E-state index < -0.39 is 0 Å². The van der Waals surface area contributed by atoms with Gasteiger partial charge in [-0.25, -0.2) is 4.98 Å². The first-order valence-corrected chi connectivity index (χ1v) is 8.94. The molecule has 4 N–H and O–H groups in total. The van der Waals surface area contributed by atoms with Crippen LogP contribution >= 0.6 is 0 Å². The van der Waals surface area contributed by atoms with Crippen molar-refractivity contribution in [1.82, 2.24) is 20.2 Å². The van der Waals surface area contributed by atoms with Gasteiger partial charge in [-0.3, -0.25) is 5.10 Å².